The van der Waals surface area contributed by atoms with Gasteiger partial charge in [0.15, 0.2) is 0 Å². The average molecular weight is 350 g/mol. The molecule has 2 aromatic rings. The monoisotopic (exact) mass is 350 g/mol. The Labute approximate surface area is 141 Å². The van der Waals surface area contributed by atoms with Gasteiger partial charge >= 0.3 is 0 Å². The number of sulfonamides is 1. The van der Waals surface area contributed by atoms with Crippen molar-refractivity contribution in [1.82, 2.24) is 19.0 Å². The van der Waals surface area contributed by atoms with E-state index in [4.69, 9.17) is 0 Å². The van der Waals surface area contributed by atoms with E-state index in [0.29, 0.717) is 31.3 Å². The van der Waals surface area contributed by atoms with Gasteiger partial charge in [-0.25, -0.2) is 18.1 Å². The third-order valence-corrected chi connectivity index (χ3v) is 4.86. The van der Waals surface area contributed by atoms with E-state index in [1.807, 2.05) is 19.1 Å². The molecule has 0 saturated heterocycles. The SMILES string of the molecule is Cc1cccn2c(=O)cc(CN(CCNS(C)(=O)=O)C3CC3)nc12. The molecule has 0 unspecified atom stereocenters. The number of pyridine rings is 1. The summed E-state index contributed by atoms with van der Waals surface area (Å²) in [5.41, 5.74) is 2.25. The molecule has 0 bridgehead atoms. The minimum absolute atomic E-state index is 0.0938. The Balaban J connectivity index is 1.79. The summed E-state index contributed by atoms with van der Waals surface area (Å²) in [7, 11) is -3.18. The van der Waals surface area contributed by atoms with Crippen molar-refractivity contribution in [3.05, 3.63) is 46.0 Å². The minimum atomic E-state index is -3.18. The summed E-state index contributed by atoms with van der Waals surface area (Å²) < 4.78 is 26.5. The Morgan fingerprint density at radius 1 is 1.42 bits per heavy atom. The fraction of sp³-hybridized carbons (Fsp3) is 0.500. The number of aryl methyl sites for hydroxylation is 1. The zero-order valence-electron chi connectivity index (χ0n) is 13.9. The first-order valence-electron chi connectivity index (χ1n) is 8.00. The maximum Gasteiger partial charge on any atom is 0.258 e. The lowest BCUT2D eigenvalue weighted by Gasteiger charge is -2.21. The fourth-order valence-corrected chi connectivity index (χ4v) is 3.27. The van der Waals surface area contributed by atoms with Gasteiger partial charge in [-0.3, -0.25) is 14.1 Å². The van der Waals surface area contributed by atoms with Crippen LogP contribution in [-0.2, 0) is 16.6 Å². The Hall–Kier alpha value is -1.77. The van der Waals surface area contributed by atoms with Crippen LogP contribution in [0.15, 0.2) is 29.2 Å². The Bertz CT molecular complexity index is 903. The molecule has 0 aromatic carbocycles. The third-order valence-electron chi connectivity index (χ3n) is 4.13. The molecule has 1 fully saturated rings. The highest BCUT2D eigenvalue weighted by atomic mass is 32.2. The van der Waals surface area contributed by atoms with E-state index in [9.17, 15) is 13.2 Å². The van der Waals surface area contributed by atoms with Crippen molar-refractivity contribution in [2.45, 2.75) is 32.4 Å². The molecule has 130 valence electrons. The van der Waals surface area contributed by atoms with Crippen molar-refractivity contribution in [1.29, 1.82) is 0 Å². The number of nitrogens with zero attached hydrogens (tertiary/aromatic N) is 3. The molecule has 1 aliphatic carbocycles. The maximum atomic E-state index is 12.3. The first-order chi connectivity index (χ1) is 11.3. The van der Waals surface area contributed by atoms with Gasteiger partial charge in [0.05, 0.1) is 11.9 Å². The largest absolute Gasteiger partial charge is 0.293 e. The number of rotatable bonds is 7. The van der Waals surface area contributed by atoms with Crippen LogP contribution >= 0.6 is 0 Å². The molecular formula is C16H22N4O3S. The molecule has 24 heavy (non-hydrogen) atoms. The van der Waals surface area contributed by atoms with Crippen molar-refractivity contribution in [3.8, 4) is 0 Å². The van der Waals surface area contributed by atoms with Crippen LogP contribution in [-0.4, -0.2) is 48.1 Å². The van der Waals surface area contributed by atoms with Gasteiger partial charge in [0, 0.05) is 37.9 Å². The van der Waals surface area contributed by atoms with Crippen LogP contribution in [0.4, 0.5) is 0 Å². The number of hydrogen-bond acceptors (Lipinski definition) is 5. The molecule has 0 radical (unpaired) electrons. The van der Waals surface area contributed by atoms with Crippen molar-refractivity contribution in [3.63, 3.8) is 0 Å². The lowest BCUT2D eigenvalue weighted by atomic mass is 10.2. The van der Waals surface area contributed by atoms with E-state index >= 15 is 0 Å². The summed E-state index contributed by atoms with van der Waals surface area (Å²) in [6, 6.07) is 5.77. The maximum absolute atomic E-state index is 12.3. The smallest absolute Gasteiger partial charge is 0.258 e. The minimum Gasteiger partial charge on any atom is -0.293 e. The van der Waals surface area contributed by atoms with E-state index in [2.05, 4.69) is 14.6 Å². The molecule has 0 atom stereocenters. The van der Waals surface area contributed by atoms with Crippen molar-refractivity contribution < 1.29 is 8.42 Å². The predicted octanol–water partition coefficient (Wildman–Crippen LogP) is 0.517. The van der Waals surface area contributed by atoms with E-state index in [1.54, 1.807) is 16.7 Å². The van der Waals surface area contributed by atoms with E-state index in [1.165, 1.54) is 0 Å². The topological polar surface area (TPSA) is 83.8 Å². The fourth-order valence-electron chi connectivity index (χ4n) is 2.80. The van der Waals surface area contributed by atoms with Gasteiger partial charge in [0.25, 0.3) is 5.56 Å². The summed E-state index contributed by atoms with van der Waals surface area (Å²) in [5, 5.41) is 0. The van der Waals surface area contributed by atoms with E-state index in [-0.39, 0.29) is 5.56 Å². The second-order valence-corrected chi connectivity index (χ2v) is 8.17. The molecule has 3 rings (SSSR count). The standard InChI is InChI=1S/C16H22N4O3S/c1-12-4-3-8-20-15(21)10-13(18-16(12)20)11-19(14-5-6-14)9-7-17-24(2,22)23/h3-4,8,10,14,17H,5-7,9,11H2,1-2H3. The lowest BCUT2D eigenvalue weighted by molar-refractivity contribution is 0.256. The number of fused-ring (bicyclic) bond motifs is 1. The first kappa shape index (κ1) is 17.1. The summed E-state index contributed by atoms with van der Waals surface area (Å²) in [6.45, 7) is 3.45. The molecule has 1 saturated carbocycles. The van der Waals surface area contributed by atoms with Gasteiger partial charge < -0.3 is 0 Å². The molecular weight excluding hydrogens is 328 g/mol. The zero-order valence-corrected chi connectivity index (χ0v) is 14.7. The summed E-state index contributed by atoms with van der Waals surface area (Å²) in [5.74, 6) is 0. The third kappa shape index (κ3) is 4.19. The molecule has 0 amide bonds. The van der Waals surface area contributed by atoms with Gasteiger partial charge in [-0.15, -0.1) is 0 Å². The van der Waals surface area contributed by atoms with E-state index < -0.39 is 10.0 Å². The molecule has 7 nitrogen and oxygen atoms in total. The van der Waals surface area contributed by atoms with Gasteiger partial charge in [0.1, 0.15) is 5.65 Å². The second kappa shape index (κ2) is 6.62. The quantitative estimate of drug-likeness (QED) is 0.787. The Morgan fingerprint density at radius 2 is 2.17 bits per heavy atom. The van der Waals surface area contributed by atoms with Crippen LogP contribution < -0.4 is 10.3 Å². The first-order valence-corrected chi connectivity index (χ1v) is 9.89. The summed E-state index contributed by atoms with van der Waals surface area (Å²) in [6.07, 6.45) is 5.08. The van der Waals surface area contributed by atoms with Gasteiger partial charge in [-0.1, -0.05) is 6.07 Å². The molecule has 1 aliphatic rings. The van der Waals surface area contributed by atoms with Crippen LogP contribution in [0.25, 0.3) is 5.65 Å². The summed E-state index contributed by atoms with van der Waals surface area (Å²) in [4.78, 5) is 19.1. The summed E-state index contributed by atoms with van der Waals surface area (Å²) >= 11 is 0. The molecule has 1 N–H and O–H groups in total. The van der Waals surface area contributed by atoms with Crippen LogP contribution in [0.2, 0.25) is 0 Å². The van der Waals surface area contributed by atoms with Crippen LogP contribution in [0.3, 0.4) is 0 Å². The highest BCUT2D eigenvalue weighted by molar-refractivity contribution is 7.88. The second-order valence-electron chi connectivity index (χ2n) is 6.34. The molecule has 8 heteroatoms. The van der Waals surface area contributed by atoms with Crippen LogP contribution in [0, 0.1) is 6.92 Å². The lowest BCUT2D eigenvalue weighted by Crippen LogP contribution is -2.36. The van der Waals surface area contributed by atoms with Crippen molar-refractivity contribution >= 4 is 15.7 Å². The van der Waals surface area contributed by atoms with E-state index in [0.717, 1.165) is 30.4 Å². The molecule has 0 aliphatic heterocycles. The van der Waals surface area contributed by atoms with Crippen LogP contribution in [0.1, 0.15) is 24.1 Å². The average Bonchev–Trinajstić information content (AvgIpc) is 3.31. The van der Waals surface area contributed by atoms with Gasteiger partial charge in [-0.2, -0.15) is 0 Å². The van der Waals surface area contributed by atoms with Crippen LogP contribution in [0.5, 0.6) is 0 Å². The van der Waals surface area contributed by atoms with Gasteiger partial charge in [0.2, 0.25) is 10.0 Å². The normalized spacial score (nSPS) is 15.3. The zero-order chi connectivity index (χ0) is 17.3. The number of nitrogens with one attached hydrogen (secondary N) is 1. The Morgan fingerprint density at radius 3 is 2.83 bits per heavy atom. The van der Waals surface area contributed by atoms with Gasteiger partial charge in [-0.05, 0) is 31.4 Å². The van der Waals surface area contributed by atoms with Crippen molar-refractivity contribution in [2.24, 2.45) is 0 Å². The van der Waals surface area contributed by atoms with Crippen molar-refractivity contribution in [2.75, 3.05) is 19.3 Å². The number of aromatic nitrogens is 2. The molecule has 0 spiro atoms. The Kier molecular flexibility index (Phi) is 4.71. The number of hydrogen-bond donors (Lipinski definition) is 1. The highest BCUT2D eigenvalue weighted by Crippen LogP contribution is 2.27. The molecule has 2 heterocycles. The predicted molar refractivity (Wildman–Crippen MR) is 92.5 cm³/mol. The highest BCUT2D eigenvalue weighted by Gasteiger charge is 2.29. The molecule has 2 aromatic heterocycles.